The Morgan fingerprint density at radius 1 is 0.419 bits per heavy atom. The normalized spacial score (nSPS) is 10.1. The van der Waals surface area contributed by atoms with Crippen molar-refractivity contribution in [3.63, 3.8) is 0 Å². The molecule has 0 aliphatic rings. The number of rotatable bonds is 22. The van der Waals surface area contributed by atoms with E-state index in [1.165, 1.54) is 51.4 Å². The van der Waals surface area contributed by atoms with Gasteiger partial charge in [0.05, 0.1) is 0 Å². The SMILES string of the molecule is O=C([O-])CCCCCCCCCCCO.O=C([O-])CCCCCCCCCCCO.[Mg+2]. The van der Waals surface area contributed by atoms with E-state index in [2.05, 4.69) is 0 Å². The molecule has 6 nitrogen and oxygen atoms in total. The Kier molecular flexibility index (Phi) is 36.1. The molecule has 0 amide bonds. The van der Waals surface area contributed by atoms with Crippen LogP contribution in [0.25, 0.3) is 0 Å². The number of carbonyl (C=O) groups is 2. The van der Waals surface area contributed by atoms with Gasteiger partial charge in [0, 0.05) is 25.2 Å². The molecule has 0 unspecified atom stereocenters. The molecule has 7 heteroatoms. The second-order valence-corrected chi connectivity index (χ2v) is 8.06. The molecule has 180 valence electrons. The van der Waals surface area contributed by atoms with E-state index >= 15 is 0 Å². The van der Waals surface area contributed by atoms with Crippen molar-refractivity contribution in [1.82, 2.24) is 0 Å². The van der Waals surface area contributed by atoms with Gasteiger partial charge in [0.15, 0.2) is 0 Å². The number of aliphatic carboxylic acids is 2. The Hall–Kier alpha value is -0.374. The number of carboxylic acids is 2. The van der Waals surface area contributed by atoms with Crippen LogP contribution in [0.5, 0.6) is 0 Å². The molecule has 0 aromatic carbocycles. The van der Waals surface area contributed by atoms with Gasteiger partial charge in [-0.15, -0.1) is 0 Å². The summed E-state index contributed by atoms with van der Waals surface area (Å²) in [6.45, 7) is 0.618. The van der Waals surface area contributed by atoms with Gasteiger partial charge in [-0.05, 0) is 38.5 Å². The standard InChI is InChI=1S/2C12H24O3.Mg/c2*13-11-9-7-5-3-1-2-4-6-8-10-12(14)15;/h2*13H,1-11H2,(H,14,15);/q;;+2/p-2. The zero-order chi connectivity index (χ0) is 22.7. The summed E-state index contributed by atoms with van der Waals surface area (Å²) in [5, 5.41) is 37.3. The number of hydrogen-bond acceptors (Lipinski definition) is 6. The summed E-state index contributed by atoms with van der Waals surface area (Å²) in [7, 11) is 0. The topological polar surface area (TPSA) is 121 Å². The molecule has 0 bridgehead atoms. The van der Waals surface area contributed by atoms with Gasteiger partial charge in [-0.2, -0.15) is 0 Å². The Morgan fingerprint density at radius 2 is 0.613 bits per heavy atom. The van der Waals surface area contributed by atoms with Crippen LogP contribution in [0.1, 0.15) is 128 Å². The van der Waals surface area contributed by atoms with E-state index in [-0.39, 0.29) is 35.9 Å². The van der Waals surface area contributed by atoms with Gasteiger partial charge in [0.25, 0.3) is 0 Å². The zero-order valence-corrected chi connectivity index (χ0v) is 21.2. The molecule has 0 saturated carbocycles. The molecule has 0 rings (SSSR count). The average molecular weight is 455 g/mol. The molecule has 0 heterocycles. The maximum atomic E-state index is 10.1. The summed E-state index contributed by atoms with van der Waals surface area (Å²) in [5.41, 5.74) is 0. The van der Waals surface area contributed by atoms with E-state index < -0.39 is 11.9 Å². The predicted molar refractivity (Wildman–Crippen MR) is 122 cm³/mol. The zero-order valence-electron chi connectivity index (χ0n) is 19.8. The van der Waals surface area contributed by atoms with Gasteiger partial charge >= 0.3 is 23.1 Å². The molecule has 0 atom stereocenters. The molecule has 31 heavy (non-hydrogen) atoms. The van der Waals surface area contributed by atoms with Gasteiger partial charge in [0.2, 0.25) is 0 Å². The maximum Gasteiger partial charge on any atom is 2.00 e. The smallest absolute Gasteiger partial charge is 0.550 e. The summed E-state index contributed by atoms with van der Waals surface area (Å²) in [5.74, 6) is -1.86. The molecule has 0 aliphatic carbocycles. The van der Waals surface area contributed by atoms with Gasteiger partial charge in [-0.3, -0.25) is 0 Å². The van der Waals surface area contributed by atoms with Crippen LogP contribution < -0.4 is 10.2 Å². The number of aliphatic hydroxyl groups is 2. The third kappa shape index (κ3) is 40.5. The van der Waals surface area contributed by atoms with E-state index in [1.54, 1.807) is 0 Å². The Balaban J connectivity index is -0.000000490. The molecular formula is C24H46MgO6. The molecule has 0 aromatic heterocycles. The van der Waals surface area contributed by atoms with Crippen molar-refractivity contribution in [3.8, 4) is 0 Å². The van der Waals surface area contributed by atoms with Gasteiger partial charge < -0.3 is 30.0 Å². The molecular weight excluding hydrogens is 409 g/mol. The van der Waals surface area contributed by atoms with Gasteiger partial charge in [-0.25, -0.2) is 0 Å². The monoisotopic (exact) mass is 454 g/mol. The van der Waals surface area contributed by atoms with E-state index in [0.717, 1.165) is 64.2 Å². The first-order valence-corrected chi connectivity index (χ1v) is 12.2. The molecule has 0 aliphatic heterocycles. The van der Waals surface area contributed by atoms with Gasteiger partial charge in [-0.1, -0.05) is 89.9 Å². The van der Waals surface area contributed by atoms with E-state index in [0.29, 0.717) is 13.2 Å². The summed E-state index contributed by atoms with van der Waals surface area (Å²) in [4.78, 5) is 20.2. The van der Waals surface area contributed by atoms with Crippen LogP contribution in [-0.4, -0.2) is 58.4 Å². The number of hydrogen-bond donors (Lipinski definition) is 2. The largest absolute Gasteiger partial charge is 2.00 e. The number of carbonyl (C=O) groups excluding carboxylic acids is 2. The fourth-order valence-electron chi connectivity index (χ4n) is 3.24. The molecule has 0 aromatic rings. The summed E-state index contributed by atoms with van der Waals surface area (Å²) in [6, 6.07) is 0. The minimum atomic E-state index is -0.931. The van der Waals surface area contributed by atoms with Crippen LogP contribution >= 0.6 is 0 Å². The molecule has 0 spiro atoms. The van der Waals surface area contributed by atoms with Crippen molar-refractivity contribution >= 4 is 35.0 Å². The maximum absolute atomic E-state index is 10.1. The second kappa shape index (κ2) is 31.8. The van der Waals surface area contributed by atoms with Crippen LogP contribution in [0, 0.1) is 0 Å². The van der Waals surface area contributed by atoms with Gasteiger partial charge in [0.1, 0.15) is 0 Å². The van der Waals surface area contributed by atoms with Crippen molar-refractivity contribution in [2.75, 3.05) is 13.2 Å². The fourth-order valence-corrected chi connectivity index (χ4v) is 3.24. The average Bonchev–Trinajstić information content (AvgIpc) is 2.71. The molecule has 0 radical (unpaired) electrons. The Labute approximate surface area is 206 Å². The summed E-state index contributed by atoms with van der Waals surface area (Å²) >= 11 is 0. The first-order chi connectivity index (χ1) is 14.5. The van der Waals surface area contributed by atoms with Crippen LogP contribution in [0.15, 0.2) is 0 Å². The van der Waals surface area contributed by atoms with Crippen LogP contribution in [0.3, 0.4) is 0 Å². The number of carboxylic acid groups (broad SMARTS) is 2. The fraction of sp³-hybridized carbons (Fsp3) is 0.917. The first-order valence-electron chi connectivity index (χ1n) is 12.2. The van der Waals surface area contributed by atoms with Crippen LogP contribution in [-0.2, 0) is 9.59 Å². The van der Waals surface area contributed by atoms with Crippen molar-refractivity contribution in [2.24, 2.45) is 0 Å². The molecule has 0 saturated heterocycles. The molecule has 0 fully saturated rings. The van der Waals surface area contributed by atoms with Crippen molar-refractivity contribution < 1.29 is 30.0 Å². The van der Waals surface area contributed by atoms with E-state index in [4.69, 9.17) is 10.2 Å². The first kappa shape index (κ1) is 35.2. The quantitative estimate of drug-likeness (QED) is 0.192. The van der Waals surface area contributed by atoms with Crippen LogP contribution in [0.2, 0.25) is 0 Å². The third-order valence-corrected chi connectivity index (χ3v) is 5.08. The number of aliphatic hydroxyl groups excluding tert-OH is 2. The second-order valence-electron chi connectivity index (χ2n) is 8.06. The third-order valence-electron chi connectivity index (χ3n) is 5.08. The van der Waals surface area contributed by atoms with Crippen molar-refractivity contribution in [3.05, 3.63) is 0 Å². The Morgan fingerprint density at radius 3 is 0.806 bits per heavy atom. The van der Waals surface area contributed by atoms with E-state index in [1.807, 2.05) is 0 Å². The molecule has 2 N–H and O–H groups in total. The number of unbranched alkanes of at least 4 members (excludes halogenated alkanes) is 16. The predicted octanol–water partition coefficient (Wildman–Crippen LogP) is 2.88. The minimum absolute atomic E-state index is 0. The summed E-state index contributed by atoms with van der Waals surface area (Å²) in [6.07, 6.45) is 20.0. The summed E-state index contributed by atoms with van der Waals surface area (Å²) < 4.78 is 0. The van der Waals surface area contributed by atoms with Crippen molar-refractivity contribution in [2.45, 2.75) is 128 Å². The minimum Gasteiger partial charge on any atom is -0.550 e. The van der Waals surface area contributed by atoms with E-state index in [9.17, 15) is 19.8 Å². The van der Waals surface area contributed by atoms with Crippen molar-refractivity contribution in [1.29, 1.82) is 0 Å². The van der Waals surface area contributed by atoms with Crippen LogP contribution in [0.4, 0.5) is 0 Å². The Bertz CT molecular complexity index is 332.